The quantitative estimate of drug-likeness (QED) is 0.0952. The van der Waals surface area contributed by atoms with Gasteiger partial charge in [-0.3, -0.25) is 14.4 Å². The summed E-state index contributed by atoms with van der Waals surface area (Å²) in [6, 6.07) is 35.7. The number of amides is 3. The van der Waals surface area contributed by atoms with Crippen LogP contribution >= 0.6 is 34.8 Å². The van der Waals surface area contributed by atoms with Crippen molar-refractivity contribution in [2.45, 2.75) is 76.3 Å². The van der Waals surface area contributed by atoms with Crippen molar-refractivity contribution < 1.29 is 68.1 Å². The summed E-state index contributed by atoms with van der Waals surface area (Å²) in [7, 11) is 0. The van der Waals surface area contributed by atoms with Gasteiger partial charge in [-0.2, -0.15) is 39.5 Å². The summed E-state index contributed by atoms with van der Waals surface area (Å²) in [6.07, 6.45) is -6.68. The molecule has 0 bridgehead atoms. The molecule has 3 heterocycles. The molecule has 3 aliphatic heterocycles. The van der Waals surface area contributed by atoms with E-state index in [1.54, 1.807) is 36.4 Å². The SMILES string of the molecule is O=C(Cc1ccc(Cl)cc1)N1CCCC(COc2ccc(C(F)(F)F)cc2)C1.O=C(Cc1ccc(Cl)cc1)N1CCC[C@@H](COc2ccc(C(F)(F)F)cc2)C1.O=C(Cc1ccc(Cl)cc1)N1CCC[C@H](COc2ccc(C(F)(F)F)cc2)C1. The average Bonchev–Trinajstić information content (AvgIpc) is 3.51. The highest BCUT2D eigenvalue weighted by Gasteiger charge is 2.33. The Labute approximate surface area is 497 Å². The third-order valence-electron chi connectivity index (χ3n) is 14.4. The molecule has 450 valence electrons. The Balaban J connectivity index is 0.000000181. The maximum atomic E-state index is 12.6. The van der Waals surface area contributed by atoms with Crippen LogP contribution in [0.1, 0.15) is 71.9 Å². The van der Waals surface area contributed by atoms with Crippen LogP contribution < -0.4 is 14.2 Å². The van der Waals surface area contributed by atoms with Crippen molar-refractivity contribution in [2.24, 2.45) is 17.8 Å². The smallest absolute Gasteiger partial charge is 0.416 e. The molecule has 0 radical (unpaired) electrons. The lowest BCUT2D eigenvalue weighted by molar-refractivity contribution is -0.138. The second-order valence-electron chi connectivity index (χ2n) is 21.0. The molecule has 0 aromatic heterocycles. The van der Waals surface area contributed by atoms with E-state index in [0.29, 0.717) is 111 Å². The second kappa shape index (κ2) is 30.4. The number of carbonyl (C=O) groups excluding carboxylic acids is 3. The van der Waals surface area contributed by atoms with Gasteiger partial charge in [-0.25, -0.2) is 0 Å². The van der Waals surface area contributed by atoms with Crippen molar-refractivity contribution >= 4 is 52.5 Å². The summed E-state index contributed by atoms with van der Waals surface area (Å²) in [6.45, 7) is 5.02. The molecular formula is C63H63Cl3F9N3O6. The standard InChI is InChI=1S/3C21H21ClF3NO2/c3*22-18-7-3-15(4-8-18)12-20(27)26-11-1-2-16(13-26)14-28-19-9-5-17(6-10-19)21(23,24)25/h3*3-10,16H,1-2,11-14H2/t2*16-;/m10./s1. The van der Waals surface area contributed by atoms with Crippen LogP contribution in [0, 0.1) is 17.8 Å². The zero-order chi connectivity index (χ0) is 60.4. The Morgan fingerprint density at radius 3 is 0.810 bits per heavy atom. The Kier molecular flexibility index (Phi) is 23.5. The van der Waals surface area contributed by atoms with E-state index >= 15 is 0 Å². The molecule has 6 aromatic rings. The van der Waals surface area contributed by atoms with E-state index in [4.69, 9.17) is 49.0 Å². The molecular weight excluding hydrogens is 1170 g/mol. The number of ether oxygens (including phenoxy) is 3. The molecule has 9 rings (SSSR count). The van der Waals surface area contributed by atoms with Gasteiger partial charge in [0, 0.05) is 72.1 Å². The van der Waals surface area contributed by atoms with Crippen LogP contribution in [0.3, 0.4) is 0 Å². The number of benzene rings is 6. The van der Waals surface area contributed by atoms with E-state index in [9.17, 15) is 53.9 Å². The predicted molar refractivity (Wildman–Crippen MR) is 304 cm³/mol. The summed E-state index contributed by atoms with van der Waals surface area (Å²) in [5, 5.41) is 1.90. The van der Waals surface area contributed by atoms with E-state index < -0.39 is 35.2 Å². The Hall–Kier alpha value is -6.63. The Morgan fingerprint density at radius 1 is 0.369 bits per heavy atom. The van der Waals surface area contributed by atoms with Crippen molar-refractivity contribution in [1.82, 2.24) is 14.7 Å². The highest BCUT2D eigenvalue weighted by molar-refractivity contribution is 6.31. The van der Waals surface area contributed by atoms with Crippen molar-refractivity contribution in [1.29, 1.82) is 0 Å². The van der Waals surface area contributed by atoms with E-state index in [1.807, 2.05) is 51.1 Å². The lowest BCUT2D eigenvalue weighted by atomic mass is 9.98. The molecule has 3 aliphatic rings. The third kappa shape index (κ3) is 21.2. The predicted octanol–water partition coefficient (Wildman–Crippen LogP) is 15.7. The molecule has 9 nitrogen and oxygen atoms in total. The van der Waals surface area contributed by atoms with Crippen molar-refractivity contribution in [3.05, 3.63) is 194 Å². The first kappa shape index (κ1) is 64.9. The maximum absolute atomic E-state index is 12.6. The van der Waals surface area contributed by atoms with Gasteiger partial charge in [-0.05, 0) is 164 Å². The van der Waals surface area contributed by atoms with E-state index in [0.717, 1.165) is 91.6 Å². The van der Waals surface area contributed by atoms with Gasteiger partial charge < -0.3 is 28.9 Å². The van der Waals surface area contributed by atoms with Crippen LogP contribution in [-0.4, -0.2) is 91.5 Å². The number of nitrogens with zero attached hydrogens (tertiary/aromatic N) is 3. The molecule has 0 aliphatic carbocycles. The van der Waals surface area contributed by atoms with Crippen molar-refractivity contribution in [3.8, 4) is 17.2 Å². The minimum atomic E-state index is -4.35. The summed E-state index contributed by atoms with van der Waals surface area (Å²) in [5.41, 5.74) is 0.650. The van der Waals surface area contributed by atoms with Gasteiger partial charge in [0.2, 0.25) is 17.7 Å². The zero-order valence-electron chi connectivity index (χ0n) is 45.6. The highest BCUT2D eigenvalue weighted by Crippen LogP contribution is 2.34. The van der Waals surface area contributed by atoms with Gasteiger partial charge in [0.25, 0.3) is 0 Å². The van der Waals surface area contributed by atoms with Crippen LogP contribution in [0.4, 0.5) is 39.5 Å². The number of hydrogen-bond donors (Lipinski definition) is 0. The molecule has 3 fully saturated rings. The first-order valence-electron chi connectivity index (χ1n) is 27.4. The molecule has 6 aromatic carbocycles. The van der Waals surface area contributed by atoms with Crippen LogP contribution in [-0.2, 0) is 52.2 Å². The monoisotopic (exact) mass is 1230 g/mol. The fourth-order valence-corrected chi connectivity index (χ4v) is 10.2. The number of likely N-dealkylation sites (tertiary alicyclic amines) is 3. The largest absolute Gasteiger partial charge is 0.493 e. The van der Waals surface area contributed by atoms with Gasteiger partial charge in [-0.1, -0.05) is 71.2 Å². The van der Waals surface area contributed by atoms with E-state index in [-0.39, 0.29) is 35.5 Å². The molecule has 0 spiro atoms. The summed E-state index contributed by atoms with van der Waals surface area (Å²) < 4.78 is 130. The minimum absolute atomic E-state index is 0.0570. The zero-order valence-corrected chi connectivity index (χ0v) is 47.9. The molecule has 0 N–H and O–H groups in total. The lowest BCUT2D eigenvalue weighted by Gasteiger charge is -2.32. The molecule has 21 heteroatoms. The Bertz CT molecular complexity index is 2700. The fourth-order valence-electron chi connectivity index (χ4n) is 9.81. The van der Waals surface area contributed by atoms with Crippen LogP contribution in [0.15, 0.2) is 146 Å². The van der Waals surface area contributed by atoms with Gasteiger partial charge in [-0.15, -0.1) is 0 Å². The van der Waals surface area contributed by atoms with Crippen LogP contribution in [0.2, 0.25) is 15.1 Å². The van der Waals surface area contributed by atoms with E-state index in [1.165, 1.54) is 36.4 Å². The van der Waals surface area contributed by atoms with Gasteiger partial charge in [0.15, 0.2) is 0 Å². The third-order valence-corrected chi connectivity index (χ3v) is 15.2. The lowest BCUT2D eigenvalue weighted by Crippen LogP contribution is -2.42. The number of carbonyl (C=O) groups is 3. The summed E-state index contributed by atoms with van der Waals surface area (Å²) in [5.74, 6) is 1.85. The fraction of sp³-hybridized carbons (Fsp3) is 0.381. The number of piperidine rings is 3. The van der Waals surface area contributed by atoms with Crippen LogP contribution in [0.25, 0.3) is 0 Å². The normalized spacial score (nSPS) is 17.4. The number of rotatable bonds is 15. The first-order valence-corrected chi connectivity index (χ1v) is 28.5. The Morgan fingerprint density at radius 2 is 0.595 bits per heavy atom. The summed E-state index contributed by atoms with van der Waals surface area (Å²) >= 11 is 17.6. The number of hydrogen-bond acceptors (Lipinski definition) is 6. The topological polar surface area (TPSA) is 88.6 Å². The highest BCUT2D eigenvalue weighted by atomic mass is 35.5. The average molecular weight is 1240 g/mol. The molecule has 3 amide bonds. The molecule has 3 atom stereocenters. The molecule has 84 heavy (non-hydrogen) atoms. The second-order valence-corrected chi connectivity index (χ2v) is 22.3. The van der Waals surface area contributed by atoms with Crippen molar-refractivity contribution in [3.63, 3.8) is 0 Å². The van der Waals surface area contributed by atoms with E-state index in [2.05, 4.69) is 0 Å². The molecule has 0 saturated carbocycles. The van der Waals surface area contributed by atoms with Crippen LogP contribution in [0.5, 0.6) is 17.2 Å². The number of alkyl halides is 9. The van der Waals surface area contributed by atoms with Crippen molar-refractivity contribution in [2.75, 3.05) is 59.1 Å². The first-order chi connectivity index (χ1) is 39.9. The van der Waals surface area contributed by atoms with Gasteiger partial charge in [0.1, 0.15) is 17.2 Å². The summed E-state index contributed by atoms with van der Waals surface area (Å²) in [4.78, 5) is 43.1. The minimum Gasteiger partial charge on any atom is -0.493 e. The number of halogens is 12. The molecule has 3 saturated heterocycles. The molecule has 1 unspecified atom stereocenters. The van der Waals surface area contributed by atoms with Gasteiger partial charge >= 0.3 is 18.5 Å². The maximum Gasteiger partial charge on any atom is 0.416 e. The van der Waals surface area contributed by atoms with Gasteiger partial charge in [0.05, 0.1) is 55.8 Å².